The number of hydrogen-bond acceptors (Lipinski definition) is 7. The van der Waals surface area contributed by atoms with E-state index in [0.29, 0.717) is 26.7 Å². The SMILES string of the molecule is COc1ccc(-c2nnc(NC(=O)C(C)Sc3ccc(Cl)cc3)s2)c(OC)c1. The monoisotopic (exact) mass is 435 g/mol. The molecule has 3 rings (SSSR count). The third kappa shape index (κ3) is 4.95. The molecule has 0 radical (unpaired) electrons. The molecule has 1 N–H and O–H groups in total. The Morgan fingerprint density at radius 2 is 1.89 bits per heavy atom. The molecule has 0 fully saturated rings. The Balaban J connectivity index is 1.68. The predicted octanol–water partition coefficient (Wildman–Crippen LogP) is 5.00. The number of nitrogens with one attached hydrogen (secondary N) is 1. The molecule has 1 amide bonds. The minimum absolute atomic E-state index is 0.149. The molecule has 3 aromatic rings. The normalized spacial score (nSPS) is 11.7. The first kappa shape index (κ1) is 20.4. The number of nitrogens with zero attached hydrogens (tertiary/aromatic N) is 2. The summed E-state index contributed by atoms with van der Waals surface area (Å²) in [6, 6.07) is 12.8. The van der Waals surface area contributed by atoms with E-state index in [1.165, 1.54) is 23.1 Å². The molecule has 2 aromatic carbocycles. The summed E-state index contributed by atoms with van der Waals surface area (Å²) in [6.07, 6.45) is 0. The lowest BCUT2D eigenvalue weighted by Crippen LogP contribution is -2.22. The number of carbonyl (C=O) groups is 1. The van der Waals surface area contributed by atoms with Crippen molar-refractivity contribution in [3.8, 4) is 22.1 Å². The van der Waals surface area contributed by atoms with Gasteiger partial charge in [0, 0.05) is 16.0 Å². The van der Waals surface area contributed by atoms with Crippen LogP contribution in [-0.2, 0) is 4.79 Å². The number of aromatic nitrogens is 2. The zero-order valence-corrected chi connectivity index (χ0v) is 17.8. The van der Waals surface area contributed by atoms with Crippen LogP contribution in [0.15, 0.2) is 47.4 Å². The molecule has 6 nitrogen and oxygen atoms in total. The summed E-state index contributed by atoms with van der Waals surface area (Å²) in [4.78, 5) is 13.4. The van der Waals surface area contributed by atoms with Crippen LogP contribution in [-0.4, -0.2) is 35.6 Å². The average Bonchev–Trinajstić information content (AvgIpc) is 3.17. The maximum Gasteiger partial charge on any atom is 0.239 e. The third-order valence-electron chi connectivity index (χ3n) is 3.79. The highest BCUT2D eigenvalue weighted by molar-refractivity contribution is 8.00. The van der Waals surface area contributed by atoms with Crippen molar-refractivity contribution >= 4 is 45.7 Å². The van der Waals surface area contributed by atoms with Gasteiger partial charge in [-0.2, -0.15) is 0 Å². The first-order chi connectivity index (χ1) is 13.5. The van der Waals surface area contributed by atoms with Crippen LogP contribution in [0.5, 0.6) is 11.5 Å². The van der Waals surface area contributed by atoms with Gasteiger partial charge in [0.25, 0.3) is 0 Å². The first-order valence-electron chi connectivity index (χ1n) is 8.29. The highest BCUT2D eigenvalue weighted by Crippen LogP contribution is 2.36. The average molecular weight is 436 g/mol. The van der Waals surface area contributed by atoms with Gasteiger partial charge >= 0.3 is 0 Å². The molecule has 1 unspecified atom stereocenters. The van der Waals surface area contributed by atoms with Crippen molar-refractivity contribution in [2.75, 3.05) is 19.5 Å². The van der Waals surface area contributed by atoms with Crippen LogP contribution in [0.25, 0.3) is 10.6 Å². The second-order valence-electron chi connectivity index (χ2n) is 5.68. The van der Waals surface area contributed by atoms with E-state index in [1.54, 1.807) is 32.4 Å². The van der Waals surface area contributed by atoms with Crippen LogP contribution < -0.4 is 14.8 Å². The Kier molecular flexibility index (Phi) is 6.77. The Morgan fingerprint density at radius 3 is 2.57 bits per heavy atom. The van der Waals surface area contributed by atoms with Crippen molar-refractivity contribution in [2.24, 2.45) is 0 Å². The molecule has 0 bridgehead atoms. The summed E-state index contributed by atoms with van der Waals surface area (Å²) >= 11 is 8.62. The smallest absolute Gasteiger partial charge is 0.239 e. The number of methoxy groups -OCH3 is 2. The van der Waals surface area contributed by atoms with E-state index in [2.05, 4.69) is 15.5 Å². The van der Waals surface area contributed by atoms with Crippen LogP contribution in [0.3, 0.4) is 0 Å². The van der Waals surface area contributed by atoms with Crippen molar-refractivity contribution in [2.45, 2.75) is 17.1 Å². The summed E-state index contributed by atoms with van der Waals surface area (Å²) in [6.45, 7) is 1.84. The van der Waals surface area contributed by atoms with Crippen molar-refractivity contribution in [3.05, 3.63) is 47.5 Å². The number of hydrogen-bond donors (Lipinski definition) is 1. The molecule has 1 aromatic heterocycles. The van der Waals surface area contributed by atoms with Crippen LogP contribution in [0.2, 0.25) is 5.02 Å². The Labute approximate surface area is 176 Å². The molecule has 0 saturated heterocycles. The minimum atomic E-state index is -0.302. The topological polar surface area (TPSA) is 73.3 Å². The van der Waals surface area contributed by atoms with Crippen molar-refractivity contribution in [3.63, 3.8) is 0 Å². The van der Waals surface area contributed by atoms with Crippen LogP contribution in [0, 0.1) is 0 Å². The molecular formula is C19H18ClN3O3S2. The second kappa shape index (κ2) is 9.27. The summed E-state index contributed by atoms with van der Waals surface area (Å²) in [7, 11) is 3.17. The number of rotatable bonds is 7. The van der Waals surface area contributed by atoms with E-state index in [-0.39, 0.29) is 11.2 Å². The van der Waals surface area contributed by atoms with Gasteiger partial charge in [-0.15, -0.1) is 22.0 Å². The fourth-order valence-electron chi connectivity index (χ4n) is 2.34. The molecule has 0 aliphatic carbocycles. The fourth-order valence-corrected chi connectivity index (χ4v) is 4.11. The fraction of sp³-hybridized carbons (Fsp3) is 0.211. The van der Waals surface area contributed by atoms with E-state index < -0.39 is 0 Å². The quantitative estimate of drug-likeness (QED) is 0.527. The molecule has 28 heavy (non-hydrogen) atoms. The van der Waals surface area contributed by atoms with E-state index in [9.17, 15) is 4.79 Å². The molecule has 1 atom stereocenters. The van der Waals surface area contributed by atoms with Gasteiger partial charge in [0.1, 0.15) is 11.5 Å². The maximum absolute atomic E-state index is 12.5. The van der Waals surface area contributed by atoms with Crippen LogP contribution in [0.1, 0.15) is 6.92 Å². The molecule has 1 heterocycles. The Morgan fingerprint density at radius 1 is 1.14 bits per heavy atom. The van der Waals surface area contributed by atoms with E-state index in [0.717, 1.165) is 10.5 Å². The summed E-state index contributed by atoms with van der Waals surface area (Å²) in [5.74, 6) is 1.16. The lowest BCUT2D eigenvalue weighted by atomic mass is 10.2. The van der Waals surface area contributed by atoms with Gasteiger partial charge < -0.3 is 9.47 Å². The molecule has 9 heteroatoms. The number of ether oxygens (including phenoxy) is 2. The largest absolute Gasteiger partial charge is 0.497 e. The lowest BCUT2D eigenvalue weighted by molar-refractivity contribution is -0.115. The first-order valence-corrected chi connectivity index (χ1v) is 10.4. The van der Waals surface area contributed by atoms with Gasteiger partial charge in [-0.25, -0.2) is 0 Å². The summed E-state index contributed by atoms with van der Waals surface area (Å²) in [5.41, 5.74) is 0.782. The van der Waals surface area contributed by atoms with Gasteiger partial charge in [-0.3, -0.25) is 10.1 Å². The molecule has 0 spiro atoms. The van der Waals surface area contributed by atoms with Crippen molar-refractivity contribution in [1.82, 2.24) is 10.2 Å². The van der Waals surface area contributed by atoms with E-state index in [1.807, 2.05) is 31.2 Å². The number of benzene rings is 2. The molecule has 0 saturated carbocycles. The summed E-state index contributed by atoms with van der Waals surface area (Å²) < 4.78 is 10.6. The van der Waals surface area contributed by atoms with Gasteiger partial charge in [0.2, 0.25) is 11.0 Å². The van der Waals surface area contributed by atoms with Crippen LogP contribution >= 0.6 is 34.7 Å². The second-order valence-corrected chi connectivity index (χ2v) is 8.51. The van der Waals surface area contributed by atoms with E-state index >= 15 is 0 Å². The van der Waals surface area contributed by atoms with Crippen molar-refractivity contribution < 1.29 is 14.3 Å². The number of halogens is 1. The van der Waals surface area contributed by atoms with E-state index in [4.69, 9.17) is 21.1 Å². The number of anilines is 1. The maximum atomic E-state index is 12.5. The molecule has 0 aliphatic heterocycles. The number of amides is 1. The van der Waals surface area contributed by atoms with Gasteiger partial charge in [0.15, 0.2) is 5.01 Å². The standard InChI is InChI=1S/C19H18ClN3O3S2/c1-11(27-14-7-4-12(20)5-8-14)17(24)21-19-23-22-18(28-19)15-9-6-13(25-2)10-16(15)26-3/h4-11H,1-3H3,(H,21,23,24). The number of carbonyl (C=O) groups excluding carboxylic acids is 1. The highest BCUT2D eigenvalue weighted by atomic mass is 35.5. The highest BCUT2D eigenvalue weighted by Gasteiger charge is 2.18. The molecule has 0 aliphatic rings. The molecular weight excluding hydrogens is 418 g/mol. The molecule has 146 valence electrons. The summed E-state index contributed by atoms with van der Waals surface area (Å²) in [5, 5.41) is 12.5. The minimum Gasteiger partial charge on any atom is -0.497 e. The zero-order chi connectivity index (χ0) is 20.1. The van der Waals surface area contributed by atoms with Gasteiger partial charge in [-0.1, -0.05) is 22.9 Å². The zero-order valence-electron chi connectivity index (χ0n) is 15.4. The van der Waals surface area contributed by atoms with Crippen molar-refractivity contribution in [1.29, 1.82) is 0 Å². The Bertz CT molecular complexity index is 963. The predicted molar refractivity (Wildman–Crippen MR) is 114 cm³/mol. The third-order valence-corrected chi connectivity index (χ3v) is 6.03. The Hall–Kier alpha value is -2.29. The van der Waals surface area contributed by atoms with Crippen LogP contribution in [0.4, 0.5) is 5.13 Å². The lowest BCUT2D eigenvalue weighted by Gasteiger charge is -2.10. The van der Waals surface area contributed by atoms with Gasteiger partial charge in [-0.05, 0) is 43.3 Å². The van der Waals surface area contributed by atoms with Gasteiger partial charge in [0.05, 0.1) is 25.0 Å². The number of thioether (sulfide) groups is 1.